The Morgan fingerprint density at radius 2 is 2.19 bits per heavy atom. The van der Waals surface area contributed by atoms with Gasteiger partial charge in [-0.1, -0.05) is 12.2 Å². The molecule has 2 rings (SSSR count). The fourth-order valence-corrected chi connectivity index (χ4v) is 1.66. The van der Waals surface area contributed by atoms with Crippen molar-refractivity contribution in [2.24, 2.45) is 0 Å². The molecule has 0 radical (unpaired) electrons. The van der Waals surface area contributed by atoms with Crippen LogP contribution in [0.1, 0.15) is 21.5 Å². The number of hydrogen-bond acceptors (Lipinski definition) is 2. The quantitative estimate of drug-likeness (QED) is 0.861. The molecule has 0 saturated heterocycles. The van der Waals surface area contributed by atoms with Crippen molar-refractivity contribution in [3.63, 3.8) is 0 Å². The first-order chi connectivity index (χ1) is 7.58. The first-order valence-electron chi connectivity index (χ1n) is 4.59. The lowest BCUT2D eigenvalue weighted by Crippen LogP contribution is -2.07. The smallest absolute Gasteiger partial charge is 0.387 e. The summed E-state index contributed by atoms with van der Waals surface area (Å²) in [6.45, 7) is -2.95. The van der Waals surface area contributed by atoms with Crippen molar-refractivity contribution >= 4 is 12.0 Å². The van der Waals surface area contributed by atoms with Crippen molar-refractivity contribution in [3.05, 3.63) is 34.9 Å². The lowest BCUT2D eigenvalue weighted by molar-refractivity contribution is -0.0504. The monoisotopic (exact) mass is 226 g/mol. The van der Waals surface area contributed by atoms with Crippen LogP contribution < -0.4 is 4.74 Å². The number of ether oxygens (including phenoxy) is 1. The molecule has 0 fully saturated rings. The number of hydrogen-bond donors (Lipinski definition) is 1. The van der Waals surface area contributed by atoms with Crippen LogP contribution in [0, 0.1) is 0 Å². The van der Waals surface area contributed by atoms with E-state index < -0.39 is 12.6 Å². The van der Waals surface area contributed by atoms with E-state index in [1.807, 2.05) is 0 Å². The molecule has 5 heteroatoms. The summed E-state index contributed by atoms with van der Waals surface area (Å²) < 4.78 is 28.6. The first kappa shape index (κ1) is 10.6. The number of aromatic carboxylic acids is 1. The van der Waals surface area contributed by atoms with Gasteiger partial charge in [-0.05, 0) is 24.1 Å². The van der Waals surface area contributed by atoms with Gasteiger partial charge in [-0.2, -0.15) is 8.78 Å². The second-order valence-electron chi connectivity index (χ2n) is 3.33. The maximum absolute atomic E-state index is 12.1. The number of benzene rings is 1. The summed E-state index contributed by atoms with van der Waals surface area (Å²) in [5.41, 5.74) is 1.17. The van der Waals surface area contributed by atoms with Crippen LogP contribution in [0.5, 0.6) is 5.75 Å². The molecule has 0 bridgehead atoms. The SMILES string of the molecule is O=C(O)c1cc2c(c(OC(F)F)c1)CC=C2. The van der Waals surface area contributed by atoms with Gasteiger partial charge in [-0.15, -0.1) is 0 Å². The predicted octanol–water partition coefficient (Wildman–Crippen LogP) is 2.56. The van der Waals surface area contributed by atoms with Crippen LogP contribution in [0.4, 0.5) is 8.78 Å². The third-order valence-corrected chi connectivity index (χ3v) is 2.33. The number of carbonyl (C=O) groups is 1. The van der Waals surface area contributed by atoms with E-state index in [1.165, 1.54) is 6.07 Å². The molecule has 1 N–H and O–H groups in total. The highest BCUT2D eigenvalue weighted by Crippen LogP contribution is 2.31. The Morgan fingerprint density at radius 1 is 1.44 bits per heavy atom. The Balaban J connectivity index is 2.47. The normalized spacial score (nSPS) is 12.9. The summed E-state index contributed by atoms with van der Waals surface area (Å²) >= 11 is 0. The van der Waals surface area contributed by atoms with Crippen LogP contribution in [-0.4, -0.2) is 17.7 Å². The van der Waals surface area contributed by atoms with Gasteiger partial charge in [-0.25, -0.2) is 4.79 Å². The largest absolute Gasteiger partial charge is 0.478 e. The Hall–Kier alpha value is -1.91. The van der Waals surface area contributed by atoms with E-state index in [4.69, 9.17) is 5.11 Å². The summed E-state index contributed by atoms with van der Waals surface area (Å²) in [4.78, 5) is 10.8. The van der Waals surface area contributed by atoms with Gasteiger partial charge in [0.05, 0.1) is 5.56 Å². The standard InChI is InChI=1S/C11H8F2O3/c12-11(13)16-9-5-7(10(14)15)4-6-2-1-3-8(6)9/h1-2,4-5,11H,3H2,(H,14,15). The second-order valence-corrected chi connectivity index (χ2v) is 3.33. The summed E-state index contributed by atoms with van der Waals surface area (Å²) in [6.07, 6.45) is 3.95. The van der Waals surface area contributed by atoms with Gasteiger partial charge < -0.3 is 9.84 Å². The molecule has 0 atom stereocenters. The van der Waals surface area contributed by atoms with Crippen molar-refractivity contribution < 1.29 is 23.4 Å². The summed E-state index contributed by atoms with van der Waals surface area (Å²) in [6, 6.07) is 2.57. The molecule has 1 aliphatic carbocycles. The molecule has 3 nitrogen and oxygen atoms in total. The predicted molar refractivity (Wildman–Crippen MR) is 52.8 cm³/mol. The van der Waals surface area contributed by atoms with Gasteiger partial charge in [0.15, 0.2) is 0 Å². The number of carboxylic acids is 1. The average Bonchev–Trinajstić information content (AvgIpc) is 2.64. The van der Waals surface area contributed by atoms with Crippen LogP contribution in [0.3, 0.4) is 0 Å². The molecular formula is C11H8F2O3. The van der Waals surface area contributed by atoms with E-state index in [0.29, 0.717) is 17.5 Å². The van der Waals surface area contributed by atoms with E-state index in [9.17, 15) is 13.6 Å². The molecule has 84 valence electrons. The zero-order chi connectivity index (χ0) is 11.7. The maximum Gasteiger partial charge on any atom is 0.387 e. The average molecular weight is 226 g/mol. The minimum atomic E-state index is -2.95. The van der Waals surface area contributed by atoms with Crippen LogP contribution in [-0.2, 0) is 6.42 Å². The molecule has 1 aromatic rings. The third kappa shape index (κ3) is 1.88. The van der Waals surface area contributed by atoms with E-state index in [0.717, 1.165) is 6.07 Å². The molecule has 0 aliphatic heterocycles. The van der Waals surface area contributed by atoms with Crippen LogP contribution in [0.25, 0.3) is 6.08 Å². The fourth-order valence-electron chi connectivity index (χ4n) is 1.66. The van der Waals surface area contributed by atoms with E-state index in [-0.39, 0.29) is 11.3 Å². The number of fused-ring (bicyclic) bond motifs is 1. The van der Waals surface area contributed by atoms with Crippen molar-refractivity contribution in [3.8, 4) is 5.75 Å². The van der Waals surface area contributed by atoms with Crippen LogP contribution >= 0.6 is 0 Å². The van der Waals surface area contributed by atoms with Gasteiger partial charge in [0.1, 0.15) is 5.75 Å². The van der Waals surface area contributed by atoms with Crippen molar-refractivity contribution in [2.75, 3.05) is 0 Å². The van der Waals surface area contributed by atoms with Crippen molar-refractivity contribution in [1.29, 1.82) is 0 Å². The number of allylic oxidation sites excluding steroid dienone is 1. The molecule has 0 saturated carbocycles. The first-order valence-corrected chi connectivity index (χ1v) is 4.59. The third-order valence-electron chi connectivity index (χ3n) is 2.33. The Kier molecular flexibility index (Phi) is 2.60. The zero-order valence-electron chi connectivity index (χ0n) is 8.11. The lowest BCUT2D eigenvalue weighted by Gasteiger charge is -2.10. The minimum Gasteiger partial charge on any atom is -0.478 e. The summed E-state index contributed by atoms with van der Waals surface area (Å²) in [5, 5.41) is 8.81. The number of rotatable bonds is 3. The molecular weight excluding hydrogens is 218 g/mol. The summed E-state index contributed by atoms with van der Waals surface area (Å²) in [5.74, 6) is -1.22. The van der Waals surface area contributed by atoms with Gasteiger partial charge in [0.2, 0.25) is 0 Å². The topological polar surface area (TPSA) is 46.5 Å². The molecule has 0 unspecified atom stereocenters. The van der Waals surface area contributed by atoms with Gasteiger partial charge in [0, 0.05) is 5.56 Å². The van der Waals surface area contributed by atoms with Crippen LogP contribution in [0.2, 0.25) is 0 Å². The Bertz CT molecular complexity index is 467. The van der Waals surface area contributed by atoms with E-state index in [2.05, 4.69) is 4.74 Å². The number of halogens is 2. The van der Waals surface area contributed by atoms with Gasteiger partial charge in [0.25, 0.3) is 0 Å². The molecule has 0 spiro atoms. The molecule has 16 heavy (non-hydrogen) atoms. The van der Waals surface area contributed by atoms with E-state index in [1.54, 1.807) is 12.2 Å². The highest BCUT2D eigenvalue weighted by atomic mass is 19.3. The highest BCUT2D eigenvalue weighted by molar-refractivity contribution is 5.90. The maximum atomic E-state index is 12.1. The lowest BCUT2D eigenvalue weighted by atomic mass is 10.0. The van der Waals surface area contributed by atoms with Crippen molar-refractivity contribution in [1.82, 2.24) is 0 Å². The number of alkyl halides is 2. The molecule has 1 aromatic carbocycles. The van der Waals surface area contributed by atoms with Gasteiger partial charge >= 0.3 is 12.6 Å². The zero-order valence-corrected chi connectivity index (χ0v) is 8.11. The van der Waals surface area contributed by atoms with Gasteiger partial charge in [-0.3, -0.25) is 0 Å². The van der Waals surface area contributed by atoms with E-state index >= 15 is 0 Å². The molecule has 0 amide bonds. The molecule has 1 aliphatic rings. The Morgan fingerprint density at radius 3 is 2.81 bits per heavy atom. The van der Waals surface area contributed by atoms with Crippen molar-refractivity contribution in [2.45, 2.75) is 13.0 Å². The molecule has 0 heterocycles. The highest BCUT2D eigenvalue weighted by Gasteiger charge is 2.18. The minimum absolute atomic E-state index is 0.0547. The summed E-state index contributed by atoms with van der Waals surface area (Å²) in [7, 11) is 0. The Labute approximate surface area is 90.0 Å². The fraction of sp³-hybridized carbons (Fsp3) is 0.182. The van der Waals surface area contributed by atoms with Crippen LogP contribution in [0.15, 0.2) is 18.2 Å². The molecule has 0 aromatic heterocycles. The number of carboxylic acid groups (broad SMARTS) is 1. The second kappa shape index (κ2) is 3.92.